The van der Waals surface area contributed by atoms with Crippen LogP contribution >= 0.6 is 0 Å². The van der Waals surface area contributed by atoms with Gasteiger partial charge in [0.1, 0.15) is 6.42 Å². The van der Waals surface area contributed by atoms with Crippen molar-refractivity contribution >= 4 is 23.2 Å². The molecule has 5 heteroatoms. The lowest BCUT2D eigenvalue weighted by atomic mass is 9.91. The Morgan fingerprint density at radius 2 is 1.67 bits per heavy atom. The molecule has 110 valence electrons. The predicted octanol–water partition coefficient (Wildman–Crippen LogP) is 2.05. The summed E-state index contributed by atoms with van der Waals surface area (Å²) in [7, 11) is 0. The zero-order valence-electron chi connectivity index (χ0n) is 11.6. The maximum Gasteiger partial charge on any atom is 0.233 e. The van der Waals surface area contributed by atoms with Crippen LogP contribution in [0.1, 0.15) is 37.4 Å². The second-order valence-electron chi connectivity index (χ2n) is 6.51. The number of carbonyl (C=O) groups is 2. The lowest BCUT2D eigenvalue weighted by molar-refractivity contribution is -0.123. The molecule has 2 amide bonds. The Morgan fingerprint density at radius 1 is 1.00 bits per heavy atom. The number of nitrogens with one attached hydrogen (secondary N) is 2. The highest BCUT2D eigenvalue weighted by Crippen LogP contribution is 2.57. The number of hydrogen-bond donors (Lipinski definition) is 3. The number of aliphatic hydroxyl groups is 1. The van der Waals surface area contributed by atoms with E-state index in [9.17, 15) is 14.7 Å². The van der Waals surface area contributed by atoms with Crippen molar-refractivity contribution in [3.63, 3.8) is 0 Å². The Kier molecular flexibility index (Phi) is 2.79. The van der Waals surface area contributed by atoms with Crippen LogP contribution in [0.5, 0.6) is 0 Å². The van der Waals surface area contributed by atoms with Crippen LogP contribution in [0.4, 0.5) is 11.4 Å². The summed E-state index contributed by atoms with van der Waals surface area (Å²) in [6, 6.07) is 5.38. The lowest BCUT2D eigenvalue weighted by Crippen LogP contribution is -2.16. The normalized spacial score (nSPS) is 31.6. The summed E-state index contributed by atoms with van der Waals surface area (Å²) >= 11 is 0. The van der Waals surface area contributed by atoms with E-state index in [4.69, 9.17) is 0 Å². The van der Waals surface area contributed by atoms with Crippen molar-refractivity contribution in [3.05, 3.63) is 23.8 Å². The van der Waals surface area contributed by atoms with E-state index in [1.54, 1.807) is 12.1 Å². The van der Waals surface area contributed by atoms with E-state index in [0.29, 0.717) is 17.3 Å². The van der Waals surface area contributed by atoms with Gasteiger partial charge in [-0.05, 0) is 54.7 Å². The molecule has 0 spiro atoms. The number of fused-ring (bicyclic) bond motifs is 2. The molecule has 3 N–H and O–H groups in total. The van der Waals surface area contributed by atoms with Crippen LogP contribution in [0.15, 0.2) is 18.2 Å². The first-order valence-corrected chi connectivity index (χ1v) is 7.52. The van der Waals surface area contributed by atoms with E-state index in [-0.39, 0.29) is 18.2 Å². The van der Waals surface area contributed by atoms with E-state index >= 15 is 0 Å². The Labute approximate surface area is 122 Å². The molecular formula is C16H18N2O3. The van der Waals surface area contributed by atoms with Crippen molar-refractivity contribution in [2.75, 3.05) is 10.6 Å². The Morgan fingerprint density at radius 3 is 2.38 bits per heavy atom. The third kappa shape index (κ3) is 2.31. The lowest BCUT2D eigenvalue weighted by Gasteiger charge is -2.21. The van der Waals surface area contributed by atoms with Crippen molar-refractivity contribution in [2.24, 2.45) is 17.8 Å². The van der Waals surface area contributed by atoms with Gasteiger partial charge in [-0.25, -0.2) is 0 Å². The van der Waals surface area contributed by atoms with Crippen LogP contribution in [0.3, 0.4) is 0 Å². The molecule has 0 saturated heterocycles. The van der Waals surface area contributed by atoms with Crippen molar-refractivity contribution in [1.29, 1.82) is 0 Å². The van der Waals surface area contributed by atoms with E-state index in [1.807, 2.05) is 6.07 Å². The largest absolute Gasteiger partial charge is 0.388 e. The molecule has 21 heavy (non-hydrogen) atoms. The van der Waals surface area contributed by atoms with Crippen molar-refractivity contribution in [1.82, 2.24) is 0 Å². The van der Waals surface area contributed by atoms with Gasteiger partial charge in [0.05, 0.1) is 17.5 Å². The Bertz CT molecular complexity index is 618. The van der Waals surface area contributed by atoms with Crippen LogP contribution in [0, 0.1) is 17.8 Å². The molecule has 2 aliphatic carbocycles. The number of amides is 2. The fraction of sp³-hybridized carbons (Fsp3) is 0.500. The van der Waals surface area contributed by atoms with Gasteiger partial charge in [0, 0.05) is 0 Å². The second kappa shape index (κ2) is 4.56. The Hall–Kier alpha value is -1.88. The van der Waals surface area contributed by atoms with E-state index in [0.717, 1.165) is 30.2 Å². The van der Waals surface area contributed by atoms with Crippen LogP contribution in [-0.4, -0.2) is 16.9 Å². The molecule has 4 rings (SSSR count). The monoisotopic (exact) mass is 286 g/mol. The number of anilines is 2. The second-order valence-corrected chi connectivity index (χ2v) is 6.51. The van der Waals surface area contributed by atoms with E-state index < -0.39 is 6.10 Å². The summed E-state index contributed by atoms with van der Waals surface area (Å²) in [6.07, 6.45) is 2.88. The first-order valence-electron chi connectivity index (χ1n) is 7.52. The van der Waals surface area contributed by atoms with Gasteiger partial charge in [-0.15, -0.1) is 0 Å². The summed E-state index contributed by atoms with van der Waals surface area (Å²) < 4.78 is 0. The van der Waals surface area contributed by atoms with Crippen LogP contribution < -0.4 is 10.6 Å². The van der Waals surface area contributed by atoms with Gasteiger partial charge in [-0.3, -0.25) is 9.59 Å². The minimum absolute atomic E-state index is 0.168. The summed E-state index contributed by atoms with van der Waals surface area (Å²) in [5.74, 6) is 1.34. The topological polar surface area (TPSA) is 78.4 Å². The molecular weight excluding hydrogens is 268 g/mol. The molecule has 1 aliphatic heterocycles. The molecule has 3 unspecified atom stereocenters. The molecule has 1 heterocycles. The molecule has 5 nitrogen and oxygen atoms in total. The molecule has 2 fully saturated rings. The number of rotatable bonds is 2. The van der Waals surface area contributed by atoms with Gasteiger partial charge >= 0.3 is 0 Å². The highest BCUT2D eigenvalue weighted by molar-refractivity contribution is 6.13. The van der Waals surface area contributed by atoms with E-state index in [2.05, 4.69) is 10.6 Å². The summed E-state index contributed by atoms with van der Waals surface area (Å²) in [5.41, 5.74) is 1.98. The number of carbonyl (C=O) groups excluding carboxylic acids is 2. The Balaban J connectivity index is 1.59. The maximum atomic E-state index is 11.6. The van der Waals surface area contributed by atoms with Crippen LogP contribution in [0.2, 0.25) is 0 Å². The molecule has 0 aromatic heterocycles. The predicted molar refractivity (Wildman–Crippen MR) is 77.6 cm³/mol. The summed E-state index contributed by atoms with van der Waals surface area (Å²) in [4.78, 5) is 23.1. The van der Waals surface area contributed by atoms with Gasteiger partial charge in [0.15, 0.2) is 0 Å². The summed E-state index contributed by atoms with van der Waals surface area (Å²) in [6.45, 7) is 0. The van der Waals surface area contributed by atoms with Crippen molar-refractivity contribution in [3.8, 4) is 0 Å². The van der Waals surface area contributed by atoms with Gasteiger partial charge < -0.3 is 15.7 Å². The number of aliphatic hydroxyl groups excluding tert-OH is 1. The average molecular weight is 286 g/mol. The standard InChI is InChI=1S/C16H18N2O3/c19-14-7-15(20)18-13-6-8(1-2-12(13)17-14)16(21)11-4-9-3-10(9)5-11/h1-2,6,9-11,16,21H,3-5,7H2,(H,17,19)(H,18,20). The first kappa shape index (κ1) is 12.8. The summed E-state index contributed by atoms with van der Waals surface area (Å²) in [5, 5.41) is 16.0. The zero-order chi connectivity index (χ0) is 14.6. The SMILES string of the molecule is O=C1CC(=O)Nc2cc(C(O)C3CC4CC4C3)ccc2N1. The molecule has 0 bridgehead atoms. The maximum absolute atomic E-state index is 11.6. The van der Waals surface area contributed by atoms with Crippen molar-refractivity contribution < 1.29 is 14.7 Å². The van der Waals surface area contributed by atoms with Crippen LogP contribution in [-0.2, 0) is 9.59 Å². The smallest absolute Gasteiger partial charge is 0.233 e. The minimum Gasteiger partial charge on any atom is -0.388 e. The van der Waals surface area contributed by atoms with Crippen LogP contribution in [0.25, 0.3) is 0 Å². The van der Waals surface area contributed by atoms with Gasteiger partial charge in [-0.1, -0.05) is 6.07 Å². The minimum atomic E-state index is -0.487. The third-order valence-electron chi connectivity index (χ3n) is 4.98. The fourth-order valence-electron chi connectivity index (χ4n) is 3.78. The molecule has 0 radical (unpaired) electrons. The highest BCUT2D eigenvalue weighted by atomic mass is 16.3. The van der Waals surface area contributed by atoms with E-state index in [1.165, 1.54) is 6.42 Å². The molecule has 2 saturated carbocycles. The molecule has 1 aromatic rings. The third-order valence-corrected chi connectivity index (χ3v) is 4.98. The van der Waals surface area contributed by atoms with Gasteiger partial charge in [0.25, 0.3) is 0 Å². The average Bonchev–Trinajstić information content (AvgIpc) is 3.09. The first-order chi connectivity index (χ1) is 10.1. The van der Waals surface area contributed by atoms with Gasteiger partial charge in [0.2, 0.25) is 11.8 Å². The van der Waals surface area contributed by atoms with Crippen molar-refractivity contribution in [2.45, 2.75) is 31.8 Å². The number of hydrogen-bond acceptors (Lipinski definition) is 3. The zero-order valence-corrected chi connectivity index (χ0v) is 11.6. The van der Waals surface area contributed by atoms with Gasteiger partial charge in [-0.2, -0.15) is 0 Å². The molecule has 3 atom stereocenters. The molecule has 3 aliphatic rings. The number of benzene rings is 1. The molecule has 1 aromatic carbocycles. The highest BCUT2D eigenvalue weighted by Gasteiger charge is 2.47. The fourth-order valence-corrected chi connectivity index (χ4v) is 3.78. The quantitative estimate of drug-likeness (QED) is 0.728.